The molecular weight excluding hydrogens is 188 g/mol. The molecule has 1 heterocycles. The molecule has 0 bridgehead atoms. The third kappa shape index (κ3) is 7.67. The van der Waals surface area contributed by atoms with Gasteiger partial charge in [-0.1, -0.05) is 33.8 Å². The number of aromatic nitrogens is 1. The summed E-state index contributed by atoms with van der Waals surface area (Å²) in [5.74, 6) is 0. The smallest absolute Gasteiger partial charge is 0.207 e. The molecule has 0 saturated carbocycles. The van der Waals surface area contributed by atoms with Crippen molar-refractivity contribution in [3.8, 4) is 0 Å². The maximum atomic E-state index is 10.1. The molecule has 0 spiro atoms. The molecule has 0 aliphatic rings. The van der Waals surface area contributed by atoms with Crippen LogP contribution in [0.15, 0.2) is 24.5 Å². The summed E-state index contributed by atoms with van der Waals surface area (Å²) in [7, 11) is 0. The molecule has 86 valence electrons. The van der Waals surface area contributed by atoms with Gasteiger partial charge in [-0.3, -0.25) is 9.78 Å². The van der Waals surface area contributed by atoms with Crippen LogP contribution >= 0.6 is 0 Å². The van der Waals surface area contributed by atoms with Gasteiger partial charge in [0.2, 0.25) is 6.41 Å². The Hall–Kier alpha value is -1.38. The van der Waals surface area contributed by atoms with Gasteiger partial charge in [-0.15, -0.1) is 0 Å². The topological polar surface area (TPSA) is 42.0 Å². The van der Waals surface area contributed by atoms with E-state index >= 15 is 0 Å². The monoisotopic (exact) mass is 210 g/mol. The minimum absolute atomic E-state index is 0.0428. The zero-order chi connectivity index (χ0) is 12.1. The van der Waals surface area contributed by atoms with Crippen LogP contribution in [-0.4, -0.2) is 11.4 Å². The van der Waals surface area contributed by atoms with Crippen molar-refractivity contribution >= 4 is 6.41 Å². The Balaban J connectivity index is 0. The van der Waals surface area contributed by atoms with Gasteiger partial charge in [0, 0.05) is 12.4 Å². The normalized spacial score (nSPS) is 9.67. The standard InChI is InChI=1S/C8H10N2O.2C2H6/c1-7(10-6-11)8-3-2-4-9-5-8;2*1-2/h2-7H,1H3,(H,10,11);2*1-2H3/t7-;;/m0../s1. The van der Waals surface area contributed by atoms with Crippen molar-refractivity contribution in [2.24, 2.45) is 0 Å². The SMILES string of the molecule is CC.CC.C[C@H](NC=O)c1cccnc1. The van der Waals surface area contributed by atoms with Gasteiger partial charge in [0.05, 0.1) is 6.04 Å². The Morgan fingerprint density at radius 2 is 1.93 bits per heavy atom. The van der Waals surface area contributed by atoms with Gasteiger partial charge in [-0.05, 0) is 18.6 Å². The van der Waals surface area contributed by atoms with E-state index in [1.807, 2.05) is 46.8 Å². The second-order valence-corrected chi connectivity index (χ2v) is 2.29. The minimum atomic E-state index is 0.0428. The molecule has 1 rings (SSSR count). The summed E-state index contributed by atoms with van der Waals surface area (Å²) in [6.45, 7) is 9.91. The summed E-state index contributed by atoms with van der Waals surface area (Å²) in [6, 6.07) is 3.81. The number of hydrogen-bond acceptors (Lipinski definition) is 2. The van der Waals surface area contributed by atoms with Crippen molar-refractivity contribution < 1.29 is 4.79 Å². The van der Waals surface area contributed by atoms with E-state index in [9.17, 15) is 4.79 Å². The Morgan fingerprint density at radius 3 is 2.33 bits per heavy atom. The zero-order valence-corrected chi connectivity index (χ0v) is 10.3. The quantitative estimate of drug-likeness (QED) is 0.779. The number of amides is 1. The molecule has 0 aliphatic heterocycles. The molecule has 3 nitrogen and oxygen atoms in total. The highest BCUT2D eigenvalue weighted by Crippen LogP contribution is 2.07. The van der Waals surface area contributed by atoms with E-state index in [1.165, 1.54) is 0 Å². The highest BCUT2D eigenvalue weighted by molar-refractivity contribution is 5.47. The second-order valence-electron chi connectivity index (χ2n) is 2.29. The van der Waals surface area contributed by atoms with E-state index in [0.717, 1.165) is 5.56 Å². The average molecular weight is 210 g/mol. The lowest BCUT2D eigenvalue weighted by molar-refractivity contribution is -0.110. The number of carbonyl (C=O) groups excluding carboxylic acids is 1. The molecule has 1 amide bonds. The number of nitrogens with zero attached hydrogens (tertiary/aromatic N) is 1. The Morgan fingerprint density at radius 1 is 1.33 bits per heavy atom. The number of hydrogen-bond donors (Lipinski definition) is 1. The zero-order valence-electron chi connectivity index (χ0n) is 10.3. The molecule has 1 atom stereocenters. The fourth-order valence-electron chi connectivity index (χ4n) is 0.830. The molecule has 0 aromatic carbocycles. The number of nitrogens with one attached hydrogen (secondary N) is 1. The molecule has 3 heteroatoms. The van der Waals surface area contributed by atoms with Gasteiger partial charge in [-0.25, -0.2) is 0 Å². The van der Waals surface area contributed by atoms with Gasteiger partial charge in [0.25, 0.3) is 0 Å². The number of rotatable bonds is 3. The van der Waals surface area contributed by atoms with Crippen LogP contribution in [-0.2, 0) is 4.79 Å². The molecule has 1 aromatic heterocycles. The maximum absolute atomic E-state index is 10.1. The first-order chi connectivity index (χ1) is 7.34. The summed E-state index contributed by atoms with van der Waals surface area (Å²) in [4.78, 5) is 14.0. The van der Waals surface area contributed by atoms with Crippen molar-refractivity contribution in [2.45, 2.75) is 40.7 Å². The van der Waals surface area contributed by atoms with E-state index in [4.69, 9.17) is 0 Å². The van der Waals surface area contributed by atoms with Crippen LogP contribution in [0.2, 0.25) is 0 Å². The molecule has 0 fully saturated rings. The first-order valence-corrected chi connectivity index (χ1v) is 5.44. The summed E-state index contributed by atoms with van der Waals surface area (Å²) >= 11 is 0. The van der Waals surface area contributed by atoms with E-state index in [2.05, 4.69) is 10.3 Å². The minimum Gasteiger partial charge on any atom is -0.352 e. The Labute approximate surface area is 92.9 Å². The summed E-state index contributed by atoms with van der Waals surface area (Å²) in [5, 5.41) is 2.64. The summed E-state index contributed by atoms with van der Waals surface area (Å²) in [5.41, 5.74) is 1.01. The highest BCUT2D eigenvalue weighted by atomic mass is 16.1. The van der Waals surface area contributed by atoms with Crippen molar-refractivity contribution in [2.75, 3.05) is 0 Å². The van der Waals surface area contributed by atoms with Crippen molar-refractivity contribution in [1.82, 2.24) is 10.3 Å². The van der Waals surface area contributed by atoms with Crippen LogP contribution in [0.25, 0.3) is 0 Å². The Bertz CT molecular complexity index is 224. The van der Waals surface area contributed by atoms with Gasteiger partial charge in [0.15, 0.2) is 0 Å². The van der Waals surface area contributed by atoms with Crippen LogP contribution in [0.4, 0.5) is 0 Å². The fraction of sp³-hybridized carbons (Fsp3) is 0.500. The van der Waals surface area contributed by atoms with E-state index in [0.29, 0.717) is 6.41 Å². The van der Waals surface area contributed by atoms with Gasteiger partial charge < -0.3 is 5.32 Å². The molecule has 15 heavy (non-hydrogen) atoms. The first kappa shape index (κ1) is 16.1. The molecule has 1 N–H and O–H groups in total. The Kier molecular flexibility index (Phi) is 13.5. The molecule has 0 saturated heterocycles. The second kappa shape index (κ2) is 12.6. The lowest BCUT2D eigenvalue weighted by atomic mass is 10.1. The van der Waals surface area contributed by atoms with Gasteiger partial charge in [-0.2, -0.15) is 0 Å². The van der Waals surface area contributed by atoms with Crippen LogP contribution in [0.5, 0.6) is 0 Å². The first-order valence-electron chi connectivity index (χ1n) is 5.44. The third-order valence-corrected chi connectivity index (χ3v) is 1.50. The molecular formula is C12H22N2O. The van der Waals surface area contributed by atoms with Crippen LogP contribution in [0.3, 0.4) is 0 Å². The lowest BCUT2D eigenvalue weighted by Crippen LogP contribution is -2.15. The number of carbonyl (C=O) groups is 1. The third-order valence-electron chi connectivity index (χ3n) is 1.50. The average Bonchev–Trinajstić information content (AvgIpc) is 2.36. The van der Waals surface area contributed by atoms with Crippen LogP contribution < -0.4 is 5.32 Å². The summed E-state index contributed by atoms with van der Waals surface area (Å²) < 4.78 is 0. The molecule has 0 aliphatic carbocycles. The van der Waals surface area contributed by atoms with Gasteiger partial charge in [0.1, 0.15) is 0 Å². The maximum Gasteiger partial charge on any atom is 0.207 e. The summed E-state index contributed by atoms with van der Waals surface area (Å²) in [6.07, 6.45) is 4.13. The predicted octanol–water partition coefficient (Wildman–Crippen LogP) is 2.94. The van der Waals surface area contributed by atoms with Gasteiger partial charge >= 0.3 is 0 Å². The largest absolute Gasteiger partial charge is 0.352 e. The van der Waals surface area contributed by atoms with Crippen molar-refractivity contribution in [3.05, 3.63) is 30.1 Å². The fourth-order valence-corrected chi connectivity index (χ4v) is 0.830. The van der Waals surface area contributed by atoms with E-state index in [1.54, 1.807) is 12.4 Å². The van der Waals surface area contributed by atoms with Crippen LogP contribution in [0.1, 0.15) is 46.2 Å². The lowest BCUT2D eigenvalue weighted by Gasteiger charge is -2.08. The predicted molar refractivity (Wildman–Crippen MR) is 64.5 cm³/mol. The van der Waals surface area contributed by atoms with Crippen molar-refractivity contribution in [1.29, 1.82) is 0 Å². The van der Waals surface area contributed by atoms with E-state index in [-0.39, 0.29) is 6.04 Å². The molecule has 1 aromatic rings. The number of pyridine rings is 1. The van der Waals surface area contributed by atoms with Crippen molar-refractivity contribution in [3.63, 3.8) is 0 Å². The molecule has 0 unspecified atom stereocenters. The highest BCUT2D eigenvalue weighted by Gasteiger charge is 2.00. The van der Waals surface area contributed by atoms with E-state index < -0.39 is 0 Å². The van der Waals surface area contributed by atoms with Crippen LogP contribution in [0, 0.1) is 0 Å². The molecule has 0 radical (unpaired) electrons.